The molecule has 0 radical (unpaired) electrons. The molecule has 0 saturated heterocycles. The van der Waals surface area contributed by atoms with Gasteiger partial charge in [0.05, 0.1) is 6.61 Å². The van der Waals surface area contributed by atoms with Crippen LogP contribution in [-0.4, -0.2) is 18.5 Å². The van der Waals surface area contributed by atoms with Crippen LogP contribution in [0.2, 0.25) is 0 Å². The van der Waals surface area contributed by atoms with E-state index in [-0.39, 0.29) is 11.9 Å². The molecule has 170 valence electrons. The molecule has 0 N–H and O–H groups in total. The van der Waals surface area contributed by atoms with Crippen LogP contribution in [-0.2, 0) is 14.3 Å². The van der Waals surface area contributed by atoms with Gasteiger partial charge in [-0.05, 0) is 37.8 Å². The first kappa shape index (κ1) is 26.2. The Morgan fingerprint density at radius 2 is 1.23 bits per heavy atom. The molecule has 0 atom stereocenters. The summed E-state index contributed by atoms with van der Waals surface area (Å²) in [5, 5.41) is 0. The van der Waals surface area contributed by atoms with Gasteiger partial charge in [0.15, 0.2) is 0 Å². The van der Waals surface area contributed by atoms with Crippen molar-refractivity contribution in [3.8, 4) is 5.75 Å². The molecule has 0 unspecified atom stereocenters. The maximum Gasteiger partial charge on any atom is 0.311 e. The summed E-state index contributed by atoms with van der Waals surface area (Å²) in [5.74, 6) is 0.439. The van der Waals surface area contributed by atoms with Crippen LogP contribution in [0.3, 0.4) is 0 Å². The summed E-state index contributed by atoms with van der Waals surface area (Å²) in [4.78, 5) is 23.6. The Bertz CT molecular complexity index is 582. The fourth-order valence-electron chi connectivity index (χ4n) is 3.41. The molecular formula is C26H42O4. The first-order valence-corrected chi connectivity index (χ1v) is 12.1. The summed E-state index contributed by atoms with van der Waals surface area (Å²) < 4.78 is 10.7. The number of unbranched alkanes of at least 4 members (excludes halogenated alkanes) is 11. The normalized spacial score (nSPS) is 10.7. The van der Waals surface area contributed by atoms with E-state index in [0.717, 1.165) is 56.9 Å². The fraction of sp³-hybridized carbons (Fsp3) is 0.692. The van der Waals surface area contributed by atoms with Gasteiger partial charge in [-0.25, -0.2) is 0 Å². The third-order valence-corrected chi connectivity index (χ3v) is 5.34. The molecule has 1 aromatic carbocycles. The average molecular weight is 419 g/mol. The standard InChI is InChI=1S/C26H42O4/c1-3-4-5-6-9-12-17-22-29-25(27)20-13-10-7-8-11-14-21-26(28)30-24-19-16-15-18-23(24)2/h15-16,18-19H,3-14,17,20-22H2,1-2H3. The van der Waals surface area contributed by atoms with Crippen LogP contribution in [0.15, 0.2) is 24.3 Å². The number of rotatable bonds is 18. The van der Waals surface area contributed by atoms with Crippen molar-refractivity contribution in [2.75, 3.05) is 6.61 Å². The largest absolute Gasteiger partial charge is 0.466 e. The van der Waals surface area contributed by atoms with E-state index in [4.69, 9.17) is 9.47 Å². The lowest BCUT2D eigenvalue weighted by atomic mass is 10.1. The maximum absolute atomic E-state index is 11.9. The van der Waals surface area contributed by atoms with Crippen LogP contribution in [0.1, 0.15) is 109 Å². The van der Waals surface area contributed by atoms with Crippen molar-refractivity contribution in [3.63, 3.8) is 0 Å². The van der Waals surface area contributed by atoms with Gasteiger partial charge < -0.3 is 9.47 Å². The van der Waals surface area contributed by atoms with Crippen LogP contribution in [0.25, 0.3) is 0 Å². The van der Waals surface area contributed by atoms with Crippen LogP contribution in [0.5, 0.6) is 5.75 Å². The number of hydrogen-bond donors (Lipinski definition) is 0. The highest BCUT2D eigenvalue weighted by molar-refractivity contribution is 5.72. The van der Waals surface area contributed by atoms with Crippen molar-refractivity contribution in [3.05, 3.63) is 29.8 Å². The summed E-state index contributed by atoms with van der Waals surface area (Å²) in [7, 11) is 0. The fourth-order valence-corrected chi connectivity index (χ4v) is 3.41. The highest BCUT2D eigenvalue weighted by Crippen LogP contribution is 2.17. The molecule has 0 aromatic heterocycles. The molecule has 0 aliphatic carbocycles. The first-order chi connectivity index (χ1) is 14.6. The van der Waals surface area contributed by atoms with Gasteiger partial charge >= 0.3 is 11.9 Å². The van der Waals surface area contributed by atoms with Gasteiger partial charge in [0, 0.05) is 12.8 Å². The van der Waals surface area contributed by atoms with Crippen molar-refractivity contribution in [2.45, 2.75) is 110 Å². The molecule has 0 aliphatic heterocycles. The average Bonchev–Trinajstić information content (AvgIpc) is 2.73. The molecule has 0 fully saturated rings. The first-order valence-electron chi connectivity index (χ1n) is 12.1. The van der Waals surface area contributed by atoms with Crippen LogP contribution < -0.4 is 4.74 Å². The SMILES string of the molecule is CCCCCCCCCOC(=O)CCCCCCCCC(=O)Oc1ccccc1C. The lowest BCUT2D eigenvalue weighted by Crippen LogP contribution is -2.08. The van der Waals surface area contributed by atoms with E-state index in [1.54, 1.807) is 0 Å². The Kier molecular flexibility index (Phi) is 15.7. The molecule has 1 rings (SSSR count). The van der Waals surface area contributed by atoms with E-state index < -0.39 is 0 Å². The van der Waals surface area contributed by atoms with Gasteiger partial charge in [-0.15, -0.1) is 0 Å². The van der Waals surface area contributed by atoms with E-state index in [9.17, 15) is 9.59 Å². The quantitative estimate of drug-likeness (QED) is 0.142. The van der Waals surface area contributed by atoms with Gasteiger partial charge in [-0.3, -0.25) is 9.59 Å². The molecule has 0 saturated carbocycles. The number of esters is 2. The molecule has 4 heteroatoms. The Labute approximate surface area is 183 Å². The van der Waals surface area contributed by atoms with Crippen LogP contribution in [0.4, 0.5) is 0 Å². The number of carbonyl (C=O) groups is 2. The molecule has 0 amide bonds. The number of hydrogen-bond acceptors (Lipinski definition) is 4. The molecule has 0 bridgehead atoms. The Morgan fingerprint density at radius 1 is 0.700 bits per heavy atom. The van der Waals surface area contributed by atoms with E-state index in [1.165, 1.54) is 32.1 Å². The maximum atomic E-state index is 11.9. The molecule has 1 aromatic rings. The number of benzene rings is 1. The zero-order valence-electron chi connectivity index (χ0n) is 19.3. The zero-order valence-corrected chi connectivity index (χ0v) is 19.3. The highest BCUT2D eigenvalue weighted by atomic mass is 16.5. The predicted octanol–water partition coefficient (Wildman–Crippen LogP) is 7.32. The van der Waals surface area contributed by atoms with Crippen molar-refractivity contribution in [1.29, 1.82) is 0 Å². The summed E-state index contributed by atoms with van der Waals surface area (Å²) in [6, 6.07) is 7.57. The second-order valence-corrected chi connectivity index (χ2v) is 8.20. The molecule has 0 heterocycles. The summed E-state index contributed by atoms with van der Waals surface area (Å²) >= 11 is 0. The Morgan fingerprint density at radius 3 is 1.87 bits per heavy atom. The zero-order chi connectivity index (χ0) is 21.9. The van der Waals surface area contributed by atoms with E-state index >= 15 is 0 Å². The summed E-state index contributed by atoms with van der Waals surface area (Å²) in [6.45, 7) is 4.74. The molecule has 0 aliphatic rings. The minimum absolute atomic E-state index is 0.0556. The van der Waals surface area contributed by atoms with Crippen molar-refractivity contribution < 1.29 is 19.1 Å². The number of ether oxygens (including phenoxy) is 2. The van der Waals surface area contributed by atoms with E-state index in [2.05, 4.69) is 6.92 Å². The van der Waals surface area contributed by atoms with Crippen LogP contribution in [0, 0.1) is 6.92 Å². The minimum atomic E-state index is -0.159. The lowest BCUT2D eigenvalue weighted by molar-refractivity contribution is -0.144. The van der Waals surface area contributed by atoms with E-state index in [1.807, 2.05) is 31.2 Å². The predicted molar refractivity (Wildman–Crippen MR) is 123 cm³/mol. The molecular weight excluding hydrogens is 376 g/mol. The highest BCUT2D eigenvalue weighted by Gasteiger charge is 2.07. The molecule has 30 heavy (non-hydrogen) atoms. The van der Waals surface area contributed by atoms with Gasteiger partial charge in [0.25, 0.3) is 0 Å². The van der Waals surface area contributed by atoms with Gasteiger partial charge in [0.2, 0.25) is 0 Å². The molecule has 0 spiro atoms. The lowest BCUT2D eigenvalue weighted by Gasteiger charge is -2.07. The van der Waals surface area contributed by atoms with Crippen molar-refractivity contribution >= 4 is 11.9 Å². The van der Waals surface area contributed by atoms with E-state index in [0.29, 0.717) is 25.2 Å². The van der Waals surface area contributed by atoms with Gasteiger partial charge in [-0.2, -0.15) is 0 Å². The summed E-state index contributed by atoms with van der Waals surface area (Å²) in [5.41, 5.74) is 0.979. The van der Waals surface area contributed by atoms with Crippen molar-refractivity contribution in [2.24, 2.45) is 0 Å². The number of carbonyl (C=O) groups excluding carboxylic acids is 2. The summed E-state index contributed by atoms with van der Waals surface area (Å²) in [6.07, 6.45) is 15.6. The van der Waals surface area contributed by atoms with Crippen molar-refractivity contribution in [1.82, 2.24) is 0 Å². The van der Waals surface area contributed by atoms with Gasteiger partial charge in [-0.1, -0.05) is 89.3 Å². The number of para-hydroxylation sites is 1. The van der Waals surface area contributed by atoms with Crippen LogP contribution >= 0.6 is 0 Å². The monoisotopic (exact) mass is 418 g/mol. The number of aryl methyl sites for hydroxylation is 1. The third-order valence-electron chi connectivity index (χ3n) is 5.34. The smallest absolute Gasteiger partial charge is 0.311 e. The Balaban J connectivity index is 1.87. The van der Waals surface area contributed by atoms with Gasteiger partial charge in [0.1, 0.15) is 5.75 Å². The minimum Gasteiger partial charge on any atom is -0.466 e. The molecule has 4 nitrogen and oxygen atoms in total. The topological polar surface area (TPSA) is 52.6 Å². The second-order valence-electron chi connectivity index (χ2n) is 8.20. The second kappa shape index (κ2) is 18.0. The third kappa shape index (κ3) is 14.2. The Hall–Kier alpha value is -1.84.